The lowest BCUT2D eigenvalue weighted by atomic mass is 9.78. The average molecular weight is 601 g/mol. The van der Waals surface area contributed by atoms with E-state index >= 15 is 0 Å². The van der Waals surface area contributed by atoms with Crippen LogP contribution in [0.3, 0.4) is 0 Å². The number of piperidine rings is 1. The lowest BCUT2D eigenvalue weighted by Gasteiger charge is -2.42. The van der Waals surface area contributed by atoms with E-state index in [0.29, 0.717) is 12.0 Å². The van der Waals surface area contributed by atoms with Crippen LogP contribution in [0.5, 0.6) is 11.5 Å². The first-order chi connectivity index (χ1) is 21.2. The second-order valence-corrected chi connectivity index (χ2v) is 13.1. The molecular weight excluding hydrogens is 551 g/mol. The van der Waals surface area contributed by atoms with Gasteiger partial charge >= 0.3 is 0 Å². The Kier molecular flexibility index (Phi) is 10.1. The van der Waals surface area contributed by atoms with Gasteiger partial charge in [0.15, 0.2) is 17.4 Å². The van der Waals surface area contributed by atoms with Gasteiger partial charge in [-0.15, -0.1) is 0 Å². The van der Waals surface area contributed by atoms with Crippen molar-refractivity contribution in [2.75, 3.05) is 32.2 Å². The quantitative estimate of drug-likeness (QED) is 0.205. The van der Waals surface area contributed by atoms with Crippen molar-refractivity contribution in [1.82, 2.24) is 4.90 Å². The Morgan fingerprint density at radius 3 is 2.25 bits per heavy atom. The first-order valence-corrected chi connectivity index (χ1v) is 16.2. The number of hydrogen-bond donors (Lipinski definition) is 0. The Bertz CT molecular complexity index is 1420. The van der Waals surface area contributed by atoms with Crippen molar-refractivity contribution in [3.63, 3.8) is 0 Å². The highest BCUT2D eigenvalue weighted by molar-refractivity contribution is 5.70. The summed E-state index contributed by atoms with van der Waals surface area (Å²) in [5, 5.41) is 0. The van der Waals surface area contributed by atoms with Crippen molar-refractivity contribution in [3.8, 4) is 22.6 Å². The first kappa shape index (κ1) is 31.7. The maximum Gasteiger partial charge on any atom is 0.185 e. The minimum Gasteiger partial charge on any atom is -0.493 e. The number of hydrogen-bond acceptors (Lipinski definition) is 5. The molecule has 1 heterocycles. The zero-order valence-electron chi connectivity index (χ0n) is 27.4. The number of benzene rings is 3. The van der Waals surface area contributed by atoms with Gasteiger partial charge in [0.2, 0.25) is 0 Å². The van der Waals surface area contributed by atoms with Gasteiger partial charge < -0.3 is 24.0 Å². The van der Waals surface area contributed by atoms with Gasteiger partial charge in [0.1, 0.15) is 11.4 Å². The molecule has 0 unspecified atom stereocenters. The topological polar surface area (TPSA) is 34.2 Å². The van der Waals surface area contributed by atoms with Crippen LogP contribution in [0.15, 0.2) is 72.6 Å². The van der Waals surface area contributed by atoms with E-state index in [1.54, 1.807) is 26.4 Å². The standard InChI is InChI=1S/C38H49FN2O3/c1-7-10-36(44-38(2,3)4)40-21-19-33(20-22-40)41(32-17-15-31(39)16-18-32)26-27-11-8-14-29(23-27)30-24-34(28-12-9-13-28)37(43-6)35(25-30)42-5/h8,10-11,14-18,23-25,28,33H,7,9,12-13,19-22,26H2,1-6H3/b36-10-. The predicted molar refractivity (Wildman–Crippen MR) is 178 cm³/mol. The van der Waals surface area contributed by atoms with Crippen LogP contribution in [0.2, 0.25) is 0 Å². The molecule has 1 aliphatic heterocycles. The summed E-state index contributed by atoms with van der Waals surface area (Å²) in [6, 6.07) is 20.5. The van der Waals surface area contributed by atoms with Crippen LogP contribution in [0.1, 0.15) is 83.3 Å². The summed E-state index contributed by atoms with van der Waals surface area (Å²) >= 11 is 0. The fraction of sp³-hybridized carbons (Fsp3) is 0.474. The summed E-state index contributed by atoms with van der Waals surface area (Å²) < 4.78 is 31.9. The number of anilines is 1. The van der Waals surface area contributed by atoms with Gasteiger partial charge in [-0.2, -0.15) is 0 Å². The monoisotopic (exact) mass is 600 g/mol. The Morgan fingerprint density at radius 2 is 1.66 bits per heavy atom. The van der Waals surface area contributed by atoms with Gasteiger partial charge in [-0.3, -0.25) is 0 Å². The van der Waals surface area contributed by atoms with Gasteiger partial charge in [0.05, 0.1) is 14.2 Å². The second kappa shape index (κ2) is 14.0. The van der Waals surface area contributed by atoms with Crippen molar-refractivity contribution in [2.45, 2.75) is 90.3 Å². The molecule has 236 valence electrons. The molecule has 44 heavy (non-hydrogen) atoms. The maximum atomic E-state index is 14.0. The third-order valence-corrected chi connectivity index (χ3v) is 8.83. The first-order valence-electron chi connectivity index (χ1n) is 16.2. The van der Waals surface area contributed by atoms with E-state index in [4.69, 9.17) is 14.2 Å². The Morgan fingerprint density at radius 1 is 0.932 bits per heavy atom. The highest BCUT2D eigenvalue weighted by atomic mass is 19.1. The van der Waals surface area contributed by atoms with Crippen LogP contribution >= 0.6 is 0 Å². The molecule has 5 nitrogen and oxygen atoms in total. The summed E-state index contributed by atoms with van der Waals surface area (Å²) in [5.74, 6) is 2.92. The molecule has 0 amide bonds. The maximum absolute atomic E-state index is 14.0. The summed E-state index contributed by atoms with van der Waals surface area (Å²) in [5.41, 5.74) is 5.56. The van der Waals surface area contributed by atoms with E-state index in [0.717, 1.165) is 73.1 Å². The highest BCUT2D eigenvalue weighted by Gasteiger charge is 2.29. The molecule has 3 aromatic rings. The van der Waals surface area contributed by atoms with E-state index in [-0.39, 0.29) is 11.4 Å². The lowest BCUT2D eigenvalue weighted by molar-refractivity contribution is -0.00492. The third kappa shape index (κ3) is 7.51. The van der Waals surface area contributed by atoms with E-state index in [1.165, 1.54) is 30.4 Å². The van der Waals surface area contributed by atoms with Crippen molar-refractivity contribution in [2.24, 2.45) is 0 Å². The Balaban J connectivity index is 1.40. The summed E-state index contributed by atoms with van der Waals surface area (Å²) in [6.07, 6.45) is 8.75. The molecule has 0 N–H and O–H groups in total. The minimum atomic E-state index is -0.241. The third-order valence-electron chi connectivity index (χ3n) is 8.83. The highest BCUT2D eigenvalue weighted by Crippen LogP contribution is 2.46. The number of allylic oxidation sites excluding steroid dienone is 1. The fourth-order valence-corrected chi connectivity index (χ4v) is 6.41. The Labute approximate surface area is 263 Å². The van der Waals surface area contributed by atoms with Crippen LogP contribution < -0.4 is 14.4 Å². The number of likely N-dealkylation sites (tertiary alicyclic amines) is 1. The summed E-state index contributed by atoms with van der Waals surface area (Å²) in [4.78, 5) is 4.84. The van der Waals surface area contributed by atoms with Gasteiger partial charge in [-0.25, -0.2) is 4.39 Å². The van der Waals surface area contributed by atoms with E-state index in [9.17, 15) is 4.39 Å². The molecule has 3 aromatic carbocycles. The predicted octanol–water partition coefficient (Wildman–Crippen LogP) is 9.31. The molecule has 0 spiro atoms. The number of rotatable bonds is 11. The minimum absolute atomic E-state index is 0.213. The molecule has 2 fully saturated rings. The van der Waals surface area contributed by atoms with Crippen LogP contribution in [-0.4, -0.2) is 43.9 Å². The molecule has 2 aliphatic rings. The van der Waals surface area contributed by atoms with Crippen LogP contribution in [0.4, 0.5) is 10.1 Å². The summed E-state index contributed by atoms with van der Waals surface area (Å²) in [6.45, 7) is 11.0. The summed E-state index contributed by atoms with van der Waals surface area (Å²) in [7, 11) is 3.44. The molecule has 6 heteroatoms. The van der Waals surface area contributed by atoms with Gasteiger partial charge in [0.25, 0.3) is 0 Å². The lowest BCUT2D eigenvalue weighted by Crippen LogP contribution is -2.45. The van der Waals surface area contributed by atoms with Crippen LogP contribution in [0, 0.1) is 5.82 Å². The van der Waals surface area contributed by atoms with Crippen LogP contribution in [0.25, 0.3) is 11.1 Å². The van der Waals surface area contributed by atoms with E-state index in [1.807, 2.05) is 12.1 Å². The largest absolute Gasteiger partial charge is 0.493 e. The molecule has 0 radical (unpaired) electrons. The zero-order chi connectivity index (χ0) is 31.3. The van der Waals surface area contributed by atoms with Crippen LogP contribution in [-0.2, 0) is 11.3 Å². The molecular formula is C38H49FN2O3. The number of methoxy groups -OCH3 is 2. The SMILES string of the molecule is CC/C=C(\OC(C)(C)C)N1CCC(N(Cc2cccc(-c3cc(OC)c(OC)c(C4CCC4)c3)c2)c2ccc(F)cc2)CC1. The molecule has 1 aliphatic carbocycles. The smallest absolute Gasteiger partial charge is 0.185 e. The number of ether oxygens (including phenoxy) is 3. The fourth-order valence-electron chi connectivity index (χ4n) is 6.41. The number of nitrogens with zero attached hydrogens (tertiary/aromatic N) is 2. The second-order valence-electron chi connectivity index (χ2n) is 13.1. The van der Waals surface area contributed by atoms with Gasteiger partial charge in [0, 0.05) is 36.9 Å². The molecule has 0 atom stereocenters. The molecule has 1 saturated carbocycles. The van der Waals surface area contributed by atoms with E-state index in [2.05, 4.69) is 80.0 Å². The average Bonchev–Trinajstić information content (AvgIpc) is 2.98. The normalized spacial score (nSPS) is 16.4. The molecule has 1 saturated heterocycles. The van der Waals surface area contributed by atoms with Crippen molar-refractivity contribution >= 4 is 5.69 Å². The molecule has 0 aromatic heterocycles. The van der Waals surface area contributed by atoms with E-state index < -0.39 is 0 Å². The van der Waals surface area contributed by atoms with Gasteiger partial charge in [-0.1, -0.05) is 31.5 Å². The zero-order valence-corrected chi connectivity index (χ0v) is 27.4. The van der Waals surface area contributed by atoms with Gasteiger partial charge in [-0.05, 0) is 124 Å². The van der Waals surface area contributed by atoms with Crippen molar-refractivity contribution in [3.05, 3.63) is 89.6 Å². The van der Waals surface area contributed by atoms with Crippen molar-refractivity contribution in [1.29, 1.82) is 0 Å². The number of halogens is 1. The van der Waals surface area contributed by atoms with Crippen molar-refractivity contribution < 1.29 is 18.6 Å². The molecule has 5 rings (SSSR count). The molecule has 0 bridgehead atoms. The Hall–Kier alpha value is -3.67.